The van der Waals surface area contributed by atoms with Gasteiger partial charge in [-0.05, 0) is 24.0 Å². The molecule has 3 atom stereocenters. The van der Waals surface area contributed by atoms with Crippen LogP contribution in [-0.4, -0.2) is 27.9 Å². The van der Waals surface area contributed by atoms with Crippen LogP contribution in [0.1, 0.15) is 36.8 Å². The van der Waals surface area contributed by atoms with Crippen molar-refractivity contribution in [2.45, 2.75) is 44.3 Å². The van der Waals surface area contributed by atoms with E-state index in [1.165, 1.54) is 19.3 Å². The van der Waals surface area contributed by atoms with Crippen molar-refractivity contribution in [3.05, 3.63) is 54.4 Å². The van der Waals surface area contributed by atoms with Gasteiger partial charge in [-0.25, -0.2) is 5.43 Å². The molecule has 3 aliphatic rings. The summed E-state index contributed by atoms with van der Waals surface area (Å²) in [5.74, 6) is 0.675. The number of fused-ring (bicyclic) bond motifs is 3. The van der Waals surface area contributed by atoms with Crippen molar-refractivity contribution in [3.8, 4) is 0 Å². The number of nitrogens with one attached hydrogen (secondary N) is 1. The molecule has 0 spiro atoms. The van der Waals surface area contributed by atoms with Gasteiger partial charge in [-0.15, -0.1) is 0 Å². The summed E-state index contributed by atoms with van der Waals surface area (Å²) in [5.41, 5.74) is 5.76. The molecule has 1 N–H and O–H groups in total. The lowest BCUT2D eigenvalue weighted by molar-refractivity contribution is -0.136. The third-order valence-electron chi connectivity index (χ3n) is 5.35. The molecule has 1 amide bonds. The van der Waals surface area contributed by atoms with Crippen molar-refractivity contribution >= 4 is 12.0 Å². The molecule has 0 radical (unpaired) electrons. The van der Waals surface area contributed by atoms with Crippen LogP contribution in [0.15, 0.2) is 43.2 Å². The number of amides is 1. The number of benzene rings is 1. The molecule has 1 aliphatic carbocycles. The molecule has 1 saturated carbocycles. The normalized spacial score (nSPS) is 29.4. The Morgan fingerprint density at radius 3 is 2.74 bits per heavy atom. The molecule has 4 nitrogen and oxygen atoms in total. The van der Waals surface area contributed by atoms with Crippen molar-refractivity contribution in [3.63, 3.8) is 0 Å². The van der Waals surface area contributed by atoms with Gasteiger partial charge in [-0.1, -0.05) is 49.8 Å². The van der Waals surface area contributed by atoms with Crippen molar-refractivity contribution in [1.82, 2.24) is 15.3 Å². The summed E-state index contributed by atoms with van der Waals surface area (Å²) in [6, 6.07) is 8.66. The molecule has 2 aliphatic heterocycles. The van der Waals surface area contributed by atoms with E-state index in [9.17, 15) is 4.79 Å². The lowest BCUT2D eigenvalue weighted by Gasteiger charge is -2.34. The Hall–Kier alpha value is -2.07. The zero-order valence-electron chi connectivity index (χ0n) is 13.3. The first-order valence-corrected chi connectivity index (χ1v) is 8.51. The molecule has 2 heterocycles. The van der Waals surface area contributed by atoms with Crippen LogP contribution < -0.4 is 5.43 Å². The zero-order chi connectivity index (χ0) is 15.8. The van der Waals surface area contributed by atoms with Gasteiger partial charge in [-0.2, -0.15) is 0 Å². The van der Waals surface area contributed by atoms with E-state index in [0.29, 0.717) is 18.5 Å². The van der Waals surface area contributed by atoms with E-state index in [2.05, 4.69) is 24.1 Å². The Morgan fingerprint density at radius 2 is 1.96 bits per heavy atom. The van der Waals surface area contributed by atoms with E-state index in [0.717, 1.165) is 17.5 Å². The van der Waals surface area contributed by atoms with Gasteiger partial charge >= 0.3 is 0 Å². The lowest BCUT2D eigenvalue weighted by atomic mass is 9.81. The first-order chi connectivity index (χ1) is 11.3. The van der Waals surface area contributed by atoms with E-state index in [-0.39, 0.29) is 11.9 Å². The Labute approximate surface area is 137 Å². The maximum Gasteiger partial charge on any atom is 0.251 e. The second kappa shape index (κ2) is 5.85. The van der Waals surface area contributed by atoms with Crippen LogP contribution in [0, 0.1) is 5.92 Å². The summed E-state index contributed by atoms with van der Waals surface area (Å²) < 4.78 is 0. The van der Waals surface area contributed by atoms with Gasteiger partial charge in [0.15, 0.2) is 0 Å². The quantitative estimate of drug-likeness (QED) is 0.932. The molecule has 23 heavy (non-hydrogen) atoms. The molecule has 3 unspecified atom stereocenters. The van der Waals surface area contributed by atoms with Gasteiger partial charge < -0.3 is 9.91 Å². The summed E-state index contributed by atoms with van der Waals surface area (Å²) in [4.78, 5) is 14.8. The Kier molecular flexibility index (Phi) is 3.69. The number of hydrazine groups is 1. The van der Waals surface area contributed by atoms with E-state index in [1.807, 2.05) is 40.5 Å². The average molecular weight is 309 g/mol. The topological polar surface area (TPSA) is 35.6 Å². The van der Waals surface area contributed by atoms with Crippen LogP contribution in [0.5, 0.6) is 0 Å². The molecule has 0 aromatic heterocycles. The van der Waals surface area contributed by atoms with Gasteiger partial charge in [-0.3, -0.25) is 4.79 Å². The summed E-state index contributed by atoms with van der Waals surface area (Å²) in [7, 11) is 0. The van der Waals surface area contributed by atoms with E-state index < -0.39 is 0 Å². The minimum absolute atomic E-state index is 0.0299. The third kappa shape index (κ3) is 2.57. The number of nitrogens with zero attached hydrogens (tertiary/aromatic N) is 2. The summed E-state index contributed by atoms with van der Waals surface area (Å²) in [6.07, 6.45) is 10.6. The zero-order valence-corrected chi connectivity index (χ0v) is 13.3. The van der Waals surface area contributed by atoms with Gasteiger partial charge in [0.2, 0.25) is 0 Å². The highest BCUT2D eigenvalue weighted by Gasteiger charge is 2.47. The summed E-state index contributed by atoms with van der Waals surface area (Å²) in [5, 5.41) is 2.04. The number of hydrogen-bond donors (Lipinski definition) is 1. The van der Waals surface area contributed by atoms with Gasteiger partial charge in [0.25, 0.3) is 5.91 Å². The fourth-order valence-electron chi connectivity index (χ4n) is 4.10. The van der Waals surface area contributed by atoms with Gasteiger partial charge in [0.05, 0.1) is 6.54 Å². The summed E-state index contributed by atoms with van der Waals surface area (Å²) >= 11 is 0. The number of rotatable bonds is 3. The first-order valence-electron chi connectivity index (χ1n) is 8.51. The van der Waals surface area contributed by atoms with Crippen molar-refractivity contribution in [2.75, 3.05) is 0 Å². The third-order valence-corrected chi connectivity index (χ3v) is 5.35. The fraction of sp³-hybridized carbons (Fsp3) is 0.421. The van der Waals surface area contributed by atoms with Crippen LogP contribution in [0.4, 0.5) is 0 Å². The molecule has 120 valence electrons. The predicted molar refractivity (Wildman–Crippen MR) is 90.7 cm³/mol. The van der Waals surface area contributed by atoms with E-state index >= 15 is 0 Å². The van der Waals surface area contributed by atoms with Crippen LogP contribution in [0.2, 0.25) is 0 Å². The molecule has 4 rings (SSSR count). The molecule has 2 fully saturated rings. The highest BCUT2D eigenvalue weighted by molar-refractivity contribution is 5.84. The monoisotopic (exact) mass is 309 g/mol. The molecule has 1 saturated heterocycles. The number of carbonyl (C=O) groups excluding carboxylic acids is 1. The first kappa shape index (κ1) is 14.5. The van der Waals surface area contributed by atoms with E-state index in [1.54, 1.807) is 0 Å². The smallest absolute Gasteiger partial charge is 0.251 e. The van der Waals surface area contributed by atoms with Crippen LogP contribution >= 0.6 is 0 Å². The second-order valence-electron chi connectivity index (χ2n) is 6.75. The molecular weight excluding hydrogens is 286 g/mol. The largest absolute Gasteiger partial charge is 0.311 e. The molecule has 1 aromatic rings. The fourth-order valence-corrected chi connectivity index (χ4v) is 4.10. The maximum absolute atomic E-state index is 13.0. The molecule has 4 heteroatoms. The van der Waals surface area contributed by atoms with Crippen LogP contribution in [0.25, 0.3) is 6.08 Å². The summed E-state index contributed by atoms with van der Waals surface area (Å²) in [6.45, 7) is 4.41. The molecular formula is C19H23N3O. The minimum Gasteiger partial charge on any atom is -0.311 e. The Morgan fingerprint density at radius 1 is 1.17 bits per heavy atom. The van der Waals surface area contributed by atoms with Crippen molar-refractivity contribution in [2.24, 2.45) is 5.92 Å². The second-order valence-corrected chi connectivity index (χ2v) is 6.75. The van der Waals surface area contributed by atoms with Gasteiger partial charge in [0.1, 0.15) is 6.04 Å². The maximum atomic E-state index is 13.0. The van der Waals surface area contributed by atoms with Crippen LogP contribution in [-0.2, 0) is 11.3 Å². The minimum atomic E-state index is -0.0299. The predicted octanol–water partition coefficient (Wildman–Crippen LogP) is 2.89. The van der Waals surface area contributed by atoms with Crippen molar-refractivity contribution < 1.29 is 4.79 Å². The SMILES string of the molecule is C=Cc1ccc(CN2C=CN3NC4CCCCC4C3C2=O)cc1. The standard InChI is InChI=1S/C19H23N3O/c1-2-14-7-9-15(10-8-14)13-21-11-12-22-18(19(21)23)16-5-3-4-6-17(16)20-22/h2,7-12,16-18,20H,1,3-6,13H2. The van der Waals surface area contributed by atoms with Crippen LogP contribution in [0.3, 0.4) is 0 Å². The Bertz CT molecular complexity index is 637. The highest BCUT2D eigenvalue weighted by atomic mass is 16.2. The van der Waals surface area contributed by atoms with Gasteiger partial charge in [0, 0.05) is 24.4 Å². The Balaban J connectivity index is 1.51. The number of hydrogen-bond acceptors (Lipinski definition) is 3. The van der Waals surface area contributed by atoms with Crippen molar-refractivity contribution in [1.29, 1.82) is 0 Å². The lowest BCUT2D eigenvalue weighted by Crippen LogP contribution is -2.49. The average Bonchev–Trinajstić information content (AvgIpc) is 2.97. The van der Waals surface area contributed by atoms with E-state index in [4.69, 9.17) is 0 Å². The molecule has 0 bridgehead atoms. The molecule has 1 aromatic carbocycles. The number of carbonyl (C=O) groups is 1. The highest BCUT2D eigenvalue weighted by Crippen LogP contribution is 2.36.